The molecule has 1 aromatic rings. The van der Waals surface area contributed by atoms with Crippen molar-refractivity contribution < 1.29 is 18.1 Å². The summed E-state index contributed by atoms with van der Waals surface area (Å²) in [7, 11) is 0. The van der Waals surface area contributed by atoms with E-state index in [0.717, 1.165) is 25.0 Å². The van der Waals surface area contributed by atoms with Gasteiger partial charge in [0, 0.05) is 24.3 Å². The molecule has 1 aromatic carbocycles. The summed E-state index contributed by atoms with van der Waals surface area (Å²) < 4.78 is 38.8. The van der Waals surface area contributed by atoms with E-state index >= 15 is 0 Å². The number of nitriles is 1. The summed E-state index contributed by atoms with van der Waals surface area (Å²) in [5.74, 6) is 0. The SMILES string of the molecule is N#CCCN(c1ccc([N+](=O)[O-])c(C(F)(F)F)c1)C1CC1. The first-order valence-corrected chi connectivity index (χ1v) is 6.34. The number of nitro groups is 1. The zero-order valence-electron chi connectivity index (χ0n) is 10.9. The molecule has 112 valence electrons. The van der Waals surface area contributed by atoms with Crippen molar-refractivity contribution in [3.05, 3.63) is 33.9 Å². The van der Waals surface area contributed by atoms with Gasteiger partial charge in [0.25, 0.3) is 5.69 Å². The molecule has 0 unspecified atom stereocenters. The van der Waals surface area contributed by atoms with Gasteiger partial charge in [0.15, 0.2) is 0 Å². The Morgan fingerprint density at radius 1 is 1.43 bits per heavy atom. The summed E-state index contributed by atoms with van der Waals surface area (Å²) >= 11 is 0. The molecule has 0 atom stereocenters. The summed E-state index contributed by atoms with van der Waals surface area (Å²) in [6.45, 7) is 0.316. The Kier molecular flexibility index (Phi) is 4.02. The smallest absolute Gasteiger partial charge is 0.367 e. The van der Waals surface area contributed by atoms with Crippen LogP contribution in [-0.4, -0.2) is 17.5 Å². The van der Waals surface area contributed by atoms with Gasteiger partial charge in [0.1, 0.15) is 5.56 Å². The van der Waals surface area contributed by atoms with Gasteiger partial charge in [-0.25, -0.2) is 0 Å². The normalized spacial score (nSPS) is 14.6. The third-order valence-corrected chi connectivity index (χ3v) is 3.27. The van der Waals surface area contributed by atoms with E-state index in [-0.39, 0.29) is 18.2 Å². The highest BCUT2D eigenvalue weighted by atomic mass is 19.4. The van der Waals surface area contributed by atoms with Gasteiger partial charge in [-0.1, -0.05) is 0 Å². The number of nitrogens with zero attached hydrogens (tertiary/aromatic N) is 3. The highest BCUT2D eigenvalue weighted by molar-refractivity contribution is 5.58. The van der Waals surface area contributed by atoms with E-state index in [1.807, 2.05) is 6.07 Å². The predicted octanol–water partition coefficient (Wildman–Crippen LogP) is 3.50. The number of benzene rings is 1. The lowest BCUT2D eigenvalue weighted by Gasteiger charge is -2.24. The van der Waals surface area contributed by atoms with Gasteiger partial charge < -0.3 is 4.90 Å². The molecular formula is C13H12F3N3O2. The van der Waals surface area contributed by atoms with E-state index in [9.17, 15) is 23.3 Å². The average Bonchev–Trinajstić information content (AvgIpc) is 3.22. The van der Waals surface area contributed by atoms with Crippen LogP contribution in [0.25, 0.3) is 0 Å². The Balaban J connectivity index is 2.40. The quantitative estimate of drug-likeness (QED) is 0.616. The molecule has 0 amide bonds. The van der Waals surface area contributed by atoms with Gasteiger partial charge >= 0.3 is 6.18 Å². The van der Waals surface area contributed by atoms with Crippen LogP contribution in [-0.2, 0) is 6.18 Å². The third kappa shape index (κ3) is 3.42. The zero-order chi connectivity index (χ0) is 15.6. The first-order valence-electron chi connectivity index (χ1n) is 6.34. The third-order valence-electron chi connectivity index (χ3n) is 3.27. The largest absolute Gasteiger partial charge is 0.423 e. The molecule has 0 saturated heterocycles. The van der Waals surface area contributed by atoms with E-state index in [2.05, 4.69) is 0 Å². The molecule has 0 N–H and O–H groups in total. The minimum absolute atomic E-state index is 0.112. The lowest BCUT2D eigenvalue weighted by Crippen LogP contribution is -2.27. The number of anilines is 1. The fourth-order valence-electron chi connectivity index (χ4n) is 2.17. The van der Waals surface area contributed by atoms with Crippen LogP contribution >= 0.6 is 0 Å². The summed E-state index contributed by atoms with van der Waals surface area (Å²) in [5, 5.41) is 19.3. The van der Waals surface area contributed by atoms with E-state index in [0.29, 0.717) is 6.54 Å². The molecule has 2 rings (SSSR count). The summed E-state index contributed by atoms with van der Waals surface area (Å²) in [6.07, 6.45) is -2.90. The highest BCUT2D eigenvalue weighted by Gasteiger charge is 2.39. The molecule has 21 heavy (non-hydrogen) atoms. The lowest BCUT2D eigenvalue weighted by molar-refractivity contribution is -0.388. The number of hydrogen-bond donors (Lipinski definition) is 0. The monoisotopic (exact) mass is 299 g/mol. The fraction of sp³-hybridized carbons (Fsp3) is 0.462. The second-order valence-electron chi connectivity index (χ2n) is 4.79. The maximum absolute atomic E-state index is 12.9. The molecule has 1 fully saturated rings. The first-order chi connectivity index (χ1) is 9.84. The molecule has 0 aliphatic heterocycles. The van der Waals surface area contributed by atoms with Crippen molar-refractivity contribution in [3.63, 3.8) is 0 Å². The number of hydrogen-bond acceptors (Lipinski definition) is 4. The van der Waals surface area contributed by atoms with Crippen LogP contribution in [0.4, 0.5) is 24.5 Å². The topological polar surface area (TPSA) is 70.2 Å². The molecule has 1 saturated carbocycles. The van der Waals surface area contributed by atoms with Crippen molar-refractivity contribution in [2.24, 2.45) is 0 Å². The number of alkyl halides is 3. The van der Waals surface area contributed by atoms with Crippen LogP contribution in [0, 0.1) is 21.4 Å². The van der Waals surface area contributed by atoms with Crippen molar-refractivity contribution in [1.82, 2.24) is 0 Å². The second-order valence-corrected chi connectivity index (χ2v) is 4.79. The second kappa shape index (κ2) is 5.60. The summed E-state index contributed by atoms with van der Waals surface area (Å²) in [6, 6.07) is 5.05. The van der Waals surface area contributed by atoms with Gasteiger partial charge in [-0.2, -0.15) is 18.4 Å². The van der Waals surface area contributed by atoms with E-state index in [4.69, 9.17) is 5.26 Å². The first kappa shape index (κ1) is 15.1. The molecule has 0 heterocycles. The molecule has 0 bridgehead atoms. The Labute approximate surface area is 118 Å². The minimum Gasteiger partial charge on any atom is -0.367 e. The molecule has 0 aromatic heterocycles. The van der Waals surface area contributed by atoms with Crippen LogP contribution < -0.4 is 4.90 Å². The number of rotatable bonds is 5. The molecular weight excluding hydrogens is 287 g/mol. The van der Waals surface area contributed by atoms with Crippen molar-refractivity contribution >= 4 is 11.4 Å². The molecule has 8 heteroatoms. The van der Waals surface area contributed by atoms with Crippen LogP contribution in [0.5, 0.6) is 0 Å². The van der Waals surface area contributed by atoms with Gasteiger partial charge in [-0.3, -0.25) is 10.1 Å². The standard InChI is InChI=1S/C13H12F3N3O2/c14-13(15,16)11-8-10(4-5-12(11)19(20)21)18(7-1-6-17)9-2-3-9/h4-5,8-9H,1-3,7H2. The summed E-state index contributed by atoms with van der Waals surface area (Å²) in [4.78, 5) is 11.4. The predicted molar refractivity (Wildman–Crippen MR) is 68.7 cm³/mol. The lowest BCUT2D eigenvalue weighted by atomic mass is 10.1. The van der Waals surface area contributed by atoms with E-state index < -0.39 is 22.4 Å². The Morgan fingerprint density at radius 2 is 2.10 bits per heavy atom. The van der Waals surface area contributed by atoms with E-state index in [1.165, 1.54) is 6.07 Å². The Morgan fingerprint density at radius 3 is 2.57 bits per heavy atom. The molecule has 5 nitrogen and oxygen atoms in total. The molecule has 1 aliphatic carbocycles. The van der Waals surface area contributed by atoms with Gasteiger partial charge in [-0.05, 0) is 25.0 Å². The minimum atomic E-state index is -4.79. The van der Waals surface area contributed by atoms with Crippen LogP contribution in [0.15, 0.2) is 18.2 Å². The van der Waals surface area contributed by atoms with Gasteiger partial charge in [-0.15, -0.1) is 0 Å². The van der Waals surface area contributed by atoms with Gasteiger partial charge in [0.2, 0.25) is 0 Å². The van der Waals surface area contributed by atoms with Crippen LogP contribution in [0.2, 0.25) is 0 Å². The van der Waals surface area contributed by atoms with Crippen molar-refractivity contribution in [3.8, 4) is 6.07 Å². The zero-order valence-corrected chi connectivity index (χ0v) is 10.9. The van der Waals surface area contributed by atoms with Crippen LogP contribution in [0.3, 0.4) is 0 Å². The fourth-order valence-corrected chi connectivity index (χ4v) is 2.17. The average molecular weight is 299 g/mol. The number of nitro benzene ring substituents is 1. The highest BCUT2D eigenvalue weighted by Crippen LogP contribution is 2.40. The maximum Gasteiger partial charge on any atom is 0.423 e. The van der Waals surface area contributed by atoms with Crippen LogP contribution in [0.1, 0.15) is 24.8 Å². The van der Waals surface area contributed by atoms with E-state index in [1.54, 1.807) is 4.90 Å². The Hall–Kier alpha value is -2.30. The number of halogens is 3. The molecule has 0 radical (unpaired) electrons. The van der Waals surface area contributed by atoms with Crippen molar-refractivity contribution in [2.45, 2.75) is 31.5 Å². The van der Waals surface area contributed by atoms with Crippen molar-refractivity contribution in [2.75, 3.05) is 11.4 Å². The maximum atomic E-state index is 12.9. The van der Waals surface area contributed by atoms with Crippen molar-refractivity contribution in [1.29, 1.82) is 5.26 Å². The Bertz CT molecular complexity index is 591. The molecule has 1 aliphatic rings. The summed E-state index contributed by atoms with van der Waals surface area (Å²) in [5.41, 5.74) is -1.94. The van der Waals surface area contributed by atoms with Gasteiger partial charge in [0.05, 0.1) is 17.4 Å². The molecule has 0 spiro atoms.